The van der Waals surface area contributed by atoms with E-state index in [2.05, 4.69) is 34.8 Å². The zero-order valence-corrected chi connectivity index (χ0v) is 28.7. The number of rotatable bonds is 7. The zero-order chi connectivity index (χ0) is 32.4. The lowest BCUT2D eigenvalue weighted by molar-refractivity contribution is -0.134. The van der Waals surface area contributed by atoms with Gasteiger partial charge < -0.3 is 19.2 Å². The molecule has 5 atom stereocenters. The molecule has 0 saturated carbocycles. The van der Waals surface area contributed by atoms with Crippen molar-refractivity contribution in [1.29, 1.82) is 0 Å². The predicted octanol–water partition coefficient (Wildman–Crippen LogP) is 6.89. The molecule has 4 heterocycles. The summed E-state index contributed by atoms with van der Waals surface area (Å²) in [6.45, 7) is 9.52. The summed E-state index contributed by atoms with van der Waals surface area (Å²) in [6.07, 6.45) is 9.56. The number of nitrogens with zero attached hydrogens (tertiary/aromatic N) is 4. The molecule has 10 heteroatoms. The molecule has 4 aromatic rings. The van der Waals surface area contributed by atoms with E-state index in [4.69, 9.17) is 9.40 Å². The molecule has 2 aromatic carbocycles. The number of benzene rings is 2. The van der Waals surface area contributed by atoms with Gasteiger partial charge in [-0.05, 0) is 94.5 Å². The Hall–Kier alpha value is -4.04. The molecule has 2 aliphatic rings. The Morgan fingerprint density at radius 2 is 1.72 bits per heavy atom. The van der Waals surface area contributed by atoms with Gasteiger partial charge in [-0.25, -0.2) is 9.97 Å². The van der Waals surface area contributed by atoms with Crippen molar-refractivity contribution in [3.05, 3.63) is 71.5 Å². The van der Waals surface area contributed by atoms with Crippen LogP contribution in [0.15, 0.2) is 53.1 Å². The number of likely N-dealkylation sites (tertiary alicyclic amines) is 2. The van der Waals surface area contributed by atoms with Crippen LogP contribution in [-0.2, 0) is 9.59 Å². The van der Waals surface area contributed by atoms with Crippen LogP contribution in [0.2, 0.25) is 0 Å². The van der Waals surface area contributed by atoms with Gasteiger partial charge in [0.1, 0.15) is 11.9 Å². The van der Waals surface area contributed by atoms with Gasteiger partial charge in [0.05, 0.1) is 49.7 Å². The molecule has 0 spiro atoms. The Morgan fingerprint density at radius 1 is 1.04 bits per heavy atom. The lowest BCUT2D eigenvalue weighted by atomic mass is 10.1. The third-order valence-electron chi connectivity index (χ3n) is 9.00. The molecular weight excluding hydrogens is 612 g/mol. The molecule has 6 rings (SSSR count). The van der Waals surface area contributed by atoms with Crippen LogP contribution >= 0.6 is 15.7 Å². The van der Waals surface area contributed by atoms with E-state index in [0.29, 0.717) is 11.7 Å². The number of H-pyrrole nitrogens is 1. The third kappa shape index (κ3) is 6.59. The summed E-state index contributed by atoms with van der Waals surface area (Å²) in [6, 6.07) is 13.8. The highest BCUT2D eigenvalue weighted by molar-refractivity contribution is 7.56. The number of oxazole rings is 1. The van der Waals surface area contributed by atoms with Gasteiger partial charge >= 0.3 is 0 Å². The number of amides is 2. The second-order valence-electron chi connectivity index (χ2n) is 12.3. The first-order chi connectivity index (χ1) is 22.2. The van der Waals surface area contributed by atoms with E-state index in [1.54, 1.807) is 6.20 Å². The average molecular weight is 653 g/mol. The van der Waals surface area contributed by atoms with Crippen LogP contribution in [0.5, 0.6) is 0 Å². The van der Waals surface area contributed by atoms with Crippen molar-refractivity contribution in [3.8, 4) is 23.2 Å². The molecule has 2 aliphatic heterocycles. The first kappa shape index (κ1) is 31.9. The van der Waals surface area contributed by atoms with Crippen molar-refractivity contribution in [2.24, 2.45) is 5.92 Å². The van der Waals surface area contributed by atoms with E-state index < -0.39 is 7.55 Å². The molecule has 236 valence electrons. The van der Waals surface area contributed by atoms with Crippen LogP contribution in [0, 0.1) is 17.8 Å². The summed E-state index contributed by atoms with van der Waals surface area (Å²) in [5.41, 5.74) is 4.42. The number of nitrogens with one attached hydrogen (secondary N) is 1. The van der Waals surface area contributed by atoms with Crippen molar-refractivity contribution >= 4 is 50.7 Å². The number of carbonyl (C=O) groups is 2. The summed E-state index contributed by atoms with van der Waals surface area (Å²) in [5, 5.41) is 0. The number of imidazole rings is 1. The summed E-state index contributed by atoms with van der Waals surface area (Å²) in [7, 11) is 0.522. The molecule has 2 amide bonds. The van der Waals surface area contributed by atoms with E-state index in [0.717, 1.165) is 80.5 Å². The van der Waals surface area contributed by atoms with Crippen LogP contribution in [0.4, 0.5) is 0 Å². The molecule has 2 saturated heterocycles. The van der Waals surface area contributed by atoms with Crippen LogP contribution in [0.3, 0.4) is 0 Å². The van der Waals surface area contributed by atoms with E-state index in [1.807, 2.05) is 78.6 Å². The minimum atomic E-state index is -0.582. The molecule has 2 aromatic heterocycles. The fourth-order valence-corrected chi connectivity index (χ4v) is 7.38. The van der Waals surface area contributed by atoms with Crippen molar-refractivity contribution < 1.29 is 14.0 Å². The summed E-state index contributed by atoms with van der Waals surface area (Å²) in [4.78, 5) is 42.9. The lowest BCUT2D eigenvalue weighted by Gasteiger charge is -2.24. The monoisotopic (exact) mass is 652 g/mol. The standard InChI is InChI=1S/C36H40N5O3P2/c1-23(22-45-3)35(42)41-19-7-9-31(41)34-37-21-32(44-34)27-15-12-25(13-16-27)10-11-26-14-17-28-29(20-26)39-33(38-28)30-8-6-18-40(30)36(43)24(2)46(4)5/h12-17,20-24,30-31H,4,6-9,18-19H2,1-3,5H3,(H,38,39)/q+1. The van der Waals surface area contributed by atoms with Gasteiger partial charge in [0.25, 0.3) is 5.91 Å². The fourth-order valence-electron chi connectivity index (χ4n) is 6.28. The molecule has 0 radical (unpaired) electrons. The average Bonchev–Trinajstić information content (AvgIpc) is 3.88. The molecular formula is C36H40N5O3P2+. The summed E-state index contributed by atoms with van der Waals surface area (Å²) < 4.78 is 6.18. The minimum absolute atomic E-state index is 0.0294. The highest BCUT2D eigenvalue weighted by atomic mass is 31.1. The maximum atomic E-state index is 13.1. The van der Waals surface area contributed by atoms with Crippen molar-refractivity contribution in [2.75, 3.05) is 26.4 Å². The van der Waals surface area contributed by atoms with Gasteiger partial charge in [-0.15, -0.1) is 8.20 Å². The number of aromatic amines is 1. The Bertz CT molecular complexity index is 1870. The fraction of sp³-hybridized carbons (Fsp3) is 0.389. The van der Waals surface area contributed by atoms with Crippen LogP contribution in [-0.4, -0.2) is 80.7 Å². The maximum absolute atomic E-state index is 13.1. The van der Waals surface area contributed by atoms with Gasteiger partial charge in [-0.2, -0.15) is 0 Å². The number of carbonyl (C=O) groups excluding carboxylic acids is 2. The highest BCUT2D eigenvalue weighted by Crippen LogP contribution is 2.36. The molecule has 8 nitrogen and oxygen atoms in total. The first-order valence-electron chi connectivity index (χ1n) is 15.9. The lowest BCUT2D eigenvalue weighted by Crippen LogP contribution is -2.36. The van der Waals surface area contributed by atoms with E-state index >= 15 is 0 Å². The first-order valence-corrected chi connectivity index (χ1v) is 19.3. The molecule has 46 heavy (non-hydrogen) atoms. The Balaban J connectivity index is 1.14. The van der Waals surface area contributed by atoms with Gasteiger partial charge in [0.15, 0.2) is 11.4 Å². The topological polar surface area (TPSA) is 95.3 Å². The van der Waals surface area contributed by atoms with Gasteiger partial charge in [0.2, 0.25) is 11.8 Å². The molecule has 2 fully saturated rings. The molecule has 1 N–H and O–H groups in total. The van der Waals surface area contributed by atoms with Crippen LogP contribution in [0.25, 0.3) is 22.4 Å². The quantitative estimate of drug-likeness (QED) is 0.173. The maximum Gasteiger partial charge on any atom is 0.270 e. The normalized spacial score (nSPS) is 19.8. The second-order valence-corrected chi connectivity index (χ2v) is 15.4. The number of aromatic nitrogens is 3. The largest absolute Gasteiger partial charge is 0.438 e. The van der Waals surface area contributed by atoms with Gasteiger partial charge in [-0.3, -0.25) is 9.59 Å². The zero-order valence-electron chi connectivity index (χ0n) is 26.9. The third-order valence-corrected chi connectivity index (χ3v) is 11.3. The highest BCUT2D eigenvalue weighted by Gasteiger charge is 2.37. The van der Waals surface area contributed by atoms with E-state index in [-0.39, 0.29) is 35.5 Å². The SMILES string of the molecule is C=[P+](C)C(C)C(=O)N1CCCC1c1nc2ccc(C#Cc3ccc(-c4cnc(C5CCCN5C(=O)C(C)C=PC)o4)cc3)cc2[nH]1. The summed E-state index contributed by atoms with van der Waals surface area (Å²) >= 11 is 0. The van der Waals surface area contributed by atoms with Crippen LogP contribution < -0.4 is 0 Å². The van der Waals surface area contributed by atoms with E-state index in [9.17, 15) is 9.59 Å². The molecule has 0 bridgehead atoms. The second kappa shape index (κ2) is 13.8. The molecule has 0 aliphatic carbocycles. The number of fused-ring (bicyclic) bond motifs is 1. The van der Waals surface area contributed by atoms with Crippen molar-refractivity contribution in [2.45, 2.75) is 57.3 Å². The predicted molar refractivity (Wildman–Crippen MR) is 189 cm³/mol. The smallest absolute Gasteiger partial charge is 0.270 e. The van der Waals surface area contributed by atoms with E-state index in [1.165, 1.54) is 0 Å². The Kier molecular flexibility index (Phi) is 9.54. The van der Waals surface area contributed by atoms with Gasteiger partial charge in [0, 0.05) is 29.8 Å². The van der Waals surface area contributed by atoms with Crippen molar-refractivity contribution in [1.82, 2.24) is 24.8 Å². The summed E-state index contributed by atoms with van der Waals surface area (Å²) in [5.74, 6) is 10.9. The Labute approximate surface area is 273 Å². The van der Waals surface area contributed by atoms with Crippen LogP contribution in [0.1, 0.15) is 74.5 Å². The van der Waals surface area contributed by atoms with Gasteiger partial charge in [-0.1, -0.05) is 11.8 Å². The minimum Gasteiger partial charge on any atom is -0.438 e. The Morgan fingerprint density at radius 3 is 2.43 bits per heavy atom. The number of hydrogen-bond donors (Lipinski definition) is 1. The number of hydrogen-bond acceptors (Lipinski definition) is 5. The molecule has 5 unspecified atom stereocenters. The van der Waals surface area contributed by atoms with Crippen molar-refractivity contribution in [3.63, 3.8) is 0 Å².